The Morgan fingerprint density at radius 3 is 2.62 bits per heavy atom. The molecule has 1 fully saturated rings. The van der Waals surface area contributed by atoms with Gasteiger partial charge in [-0.2, -0.15) is 0 Å². The van der Waals surface area contributed by atoms with Gasteiger partial charge in [0.2, 0.25) is 0 Å². The summed E-state index contributed by atoms with van der Waals surface area (Å²) in [6.45, 7) is 2.16. The highest BCUT2D eigenvalue weighted by molar-refractivity contribution is 5.97. The molecule has 0 saturated carbocycles. The summed E-state index contributed by atoms with van der Waals surface area (Å²) in [7, 11) is 0. The van der Waals surface area contributed by atoms with Crippen LogP contribution in [0.4, 0.5) is 0 Å². The number of carboxylic acids is 1. The second kappa shape index (κ2) is 10.6. The molecule has 200 valence electrons. The molecule has 0 unspecified atom stereocenters. The number of likely N-dealkylation sites (tertiary alicyclic amines) is 1. The molecule has 7 heteroatoms. The van der Waals surface area contributed by atoms with Crippen LogP contribution in [0.15, 0.2) is 72.0 Å². The van der Waals surface area contributed by atoms with Gasteiger partial charge in [-0.15, -0.1) is 0 Å². The lowest BCUT2D eigenvalue weighted by atomic mass is 9.71. The number of aromatic nitrogens is 2. The number of nitrogens with zero attached hydrogens (tertiary/aromatic N) is 3. The van der Waals surface area contributed by atoms with Gasteiger partial charge in [0, 0.05) is 36.1 Å². The minimum absolute atomic E-state index is 0.0281. The molecule has 2 aromatic carbocycles. The lowest BCUT2D eigenvalue weighted by Crippen LogP contribution is -2.44. The Morgan fingerprint density at radius 1 is 1.00 bits per heavy atom. The number of allylic oxidation sites excluding steroid dienone is 2. The fourth-order valence-electron chi connectivity index (χ4n) is 6.17. The van der Waals surface area contributed by atoms with Crippen LogP contribution in [0.3, 0.4) is 0 Å². The summed E-state index contributed by atoms with van der Waals surface area (Å²) >= 11 is 0. The minimum Gasteiger partial charge on any atom is -0.493 e. The molecule has 7 nitrogen and oxygen atoms in total. The maximum Gasteiger partial charge on any atom is 0.303 e. The smallest absolute Gasteiger partial charge is 0.303 e. The van der Waals surface area contributed by atoms with E-state index in [1.807, 2.05) is 53.4 Å². The molecule has 1 aliphatic carbocycles. The standard InChI is InChI=1S/C32H33N3O4/c36-29(37)13-7-5-11-26-30(22-8-2-1-3-9-22)34-25-15-14-23(20-27(25)33-26)31(38)35-18-16-32(17-19-35)21-39-28-12-6-4-10-24(28)32/h1-3,6,8-9,12,14-15,20H,4-5,7,10-11,13,16-19,21H2,(H,36,37). The van der Waals surface area contributed by atoms with Gasteiger partial charge in [0.1, 0.15) is 5.76 Å². The van der Waals surface area contributed by atoms with Crippen molar-refractivity contribution in [3.8, 4) is 11.3 Å². The molecule has 3 heterocycles. The zero-order valence-electron chi connectivity index (χ0n) is 22.1. The van der Waals surface area contributed by atoms with E-state index in [2.05, 4.69) is 12.2 Å². The van der Waals surface area contributed by atoms with Gasteiger partial charge in [0.25, 0.3) is 5.91 Å². The first kappa shape index (κ1) is 25.3. The Morgan fingerprint density at radius 2 is 1.82 bits per heavy atom. The van der Waals surface area contributed by atoms with Gasteiger partial charge in [0.05, 0.1) is 29.0 Å². The maximum atomic E-state index is 13.5. The average Bonchev–Trinajstić information content (AvgIpc) is 3.32. The van der Waals surface area contributed by atoms with Crippen molar-refractivity contribution in [2.45, 2.75) is 51.4 Å². The molecule has 0 radical (unpaired) electrons. The maximum absolute atomic E-state index is 13.5. The summed E-state index contributed by atoms with van der Waals surface area (Å²) < 4.78 is 6.02. The van der Waals surface area contributed by atoms with Crippen molar-refractivity contribution >= 4 is 22.9 Å². The summed E-state index contributed by atoms with van der Waals surface area (Å²) in [5.74, 6) is 0.297. The van der Waals surface area contributed by atoms with Crippen molar-refractivity contribution in [2.75, 3.05) is 19.7 Å². The zero-order chi connectivity index (χ0) is 26.8. The van der Waals surface area contributed by atoms with E-state index in [1.165, 1.54) is 5.57 Å². The Bertz CT molecular complexity index is 1470. The predicted molar refractivity (Wildman–Crippen MR) is 149 cm³/mol. The Hall–Kier alpha value is -4.00. The number of carbonyl (C=O) groups is 2. The van der Waals surface area contributed by atoms with E-state index >= 15 is 0 Å². The molecule has 1 N–H and O–H groups in total. The van der Waals surface area contributed by atoms with Crippen molar-refractivity contribution in [2.24, 2.45) is 5.41 Å². The number of amides is 1. The zero-order valence-corrected chi connectivity index (χ0v) is 22.1. The number of aliphatic carboxylic acids is 1. The number of fused-ring (bicyclic) bond motifs is 2. The molecule has 39 heavy (non-hydrogen) atoms. The van der Waals surface area contributed by atoms with E-state index in [0.717, 1.165) is 60.5 Å². The van der Waals surface area contributed by atoms with Crippen LogP contribution in [0.25, 0.3) is 22.3 Å². The molecule has 1 saturated heterocycles. The number of ether oxygens (including phenoxy) is 1. The Balaban J connectivity index is 1.22. The fraction of sp³-hybridized carbons (Fsp3) is 0.375. The first-order chi connectivity index (χ1) is 19.0. The van der Waals surface area contributed by atoms with E-state index in [4.69, 9.17) is 19.8 Å². The third kappa shape index (κ3) is 5.05. The molecule has 1 aromatic heterocycles. The van der Waals surface area contributed by atoms with E-state index < -0.39 is 5.97 Å². The topological polar surface area (TPSA) is 92.6 Å². The molecule has 1 spiro atoms. The molecule has 3 aromatic rings. The minimum atomic E-state index is -0.789. The SMILES string of the molecule is O=C(O)CCCCc1nc2cc(C(=O)N3CCC4(CC3)COC3=C4CCC=C3)ccc2nc1-c1ccccc1. The van der Waals surface area contributed by atoms with Crippen molar-refractivity contribution in [1.82, 2.24) is 14.9 Å². The predicted octanol–water partition coefficient (Wildman–Crippen LogP) is 5.95. The van der Waals surface area contributed by atoms with Crippen LogP contribution in [0.1, 0.15) is 61.0 Å². The highest BCUT2D eigenvalue weighted by Crippen LogP contribution is 2.49. The second-order valence-electron chi connectivity index (χ2n) is 10.8. The van der Waals surface area contributed by atoms with Crippen LogP contribution in [0.2, 0.25) is 0 Å². The summed E-state index contributed by atoms with van der Waals surface area (Å²) in [5.41, 5.74) is 6.20. The number of piperidine rings is 1. The lowest BCUT2D eigenvalue weighted by Gasteiger charge is -2.40. The second-order valence-corrected chi connectivity index (χ2v) is 10.8. The molecule has 6 rings (SSSR count). The van der Waals surface area contributed by atoms with Gasteiger partial charge in [-0.1, -0.05) is 36.4 Å². The molecule has 2 aliphatic heterocycles. The number of benzene rings is 2. The van der Waals surface area contributed by atoms with Crippen molar-refractivity contribution in [1.29, 1.82) is 0 Å². The van der Waals surface area contributed by atoms with Crippen LogP contribution in [0, 0.1) is 5.41 Å². The monoisotopic (exact) mass is 523 g/mol. The van der Waals surface area contributed by atoms with Crippen LogP contribution < -0.4 is 0 Å². The van der Waals surface area contributed by atoms with Gasteiger partial charge in [-0.25, -0.2) is 9.97 Å². The molecule has 1 amide bonds. The van der Waals surface area contributed by atoms with Crippen LogP contribution >= 0.6 is 0 Å². The number of hydrogen-bond donors (Lipinski definition) is 1. The van der Waals surface area contributed by atoms with Gasteiger partial charge >= 0.3 is 5.97 Å². The average molecular weight is 524 g/mol. The fourth-order valence-corrected chi connectivity index (χ4v) is 6.17. The molecule has 3 aliphatic rings. The van der Waals surface area contributed by atoms with Crippen LogP contribution in [-0.2, 0) is 16.0 Å². The van der Waals surface area contributed by atoms with Crippen molar-refractivity contribution in [3.05, 3.63) is 83.3 Å². The van der Waals surface area contributed by atoms with E-state index in [1.54, 1.807) is 0 Å². The number of carboxylic acid groups (broad SMARTS) is 1. The first-order valence-electron chi connectivity index (χ1n) is 13.9. The number of carbonyl (C=O) groups excluding carboxylic acids is 1. The summed E-state index contributed by atoms with van der Waals surface area (Å²) in [6.07, 6.45) is 10.3. The number of rotatable bonds is 7. The molecule has 0 atom stereocenters. The van der Waals surface area contributed by atoms with E-state index in [-0.39, 0.29) is 17.7 Å². The Labute approximate surface area is 228 Å². The summed E-state index contributed by atoms with van der Waals surface area (Å²) in [6, 6.07) is 15.5. The lowest BCUT2D eigenvalue weighted by molar-refractivity contribution is -0.137. The van der Waals surface area contributed by atoms with Crippen molar-refractivity contribution < 1.29 is 19.4 Å². The van der Waals surface area contributed by atoms with Gasteiger partial charge in [0.15, 0.2) is 0 Å². The highest BCUT2D eigenvalue weighted by Gasteiger charge is 2.45. The number of unbranched alkanes of at least 4 members (excludes halogenated alkanes) is 1. The van der Waals surface area contributed by atoms with Gasteiger partial charge < -0.3 is 14.7 Å². The molecule has 0 bridgehead atoms. The number of aryl methyl sites for hydroxylation is 1. The molecular formula is C32H33N3O4. The van der Waals surface area contributed by atoms with Gasteiger partial charge in [-0.05, 0) is 74.8 Å². The van der Waals surface area contributed by atoms with Crippen LogP contribution in [-0.4, -0.2) is 51.5 Å². The summed E-state index contributed by atoms with van der Waals surface area (Å²) in [5, 5.41) is 9.01. The van der Waals surface area contributed by atoms with E-state index in [0.29, 0.717) is 43.4 Å². The molecular weight excluding hydrogens is 490 g/mol. The van der Waals surface area contributed by atoms with Crippen molar-refractivity contribution in [3.63, 3.8) is 0 Å². The highest BCUT2D eigenvalue weighted by atomic mass is 16.5. The normalized spacial score (nSPS) is 17.9. The Kier molecular flexibility index (Phi) is 6.90. The summed E-state index contributed by atoms with van der Waals surface area (Å²) in [4.78, 5) is 36.4. The largest absolute Gasteiger partial charge is 0.493 e. The quantitative estimate of drug-likeness (QED) is 0.385. The third-order valence-electron chi connectivity index (χ3n) is 8.36. The van der Waals surface area contributed by atoms with Crippen LogP contribution in [0.5, 0.6) is 0 Å². The first-order valence-corrected chi connectivity index (χ1v) is 13.9. The number of hydrogen-bond acceptors (Lipinski definition) is 5. The van der Waals surface area contributed by atoms with Gasteiger partial charge in [-0.3, -0.25) is 9.59 Å². The van der Waals surface area contributed by atoms with E-state index in [9.17, 15) is 9.59 Å². The third-order valence-corrected chi connectivity index (χ3v) is 8.36.